The van der Waals surface area contributed by atoms with Gasteiger partial charge < -0.3 is 15.4 Å². The minimum atomic E-state index is -0.430. The van der Waals surface area contributed by atoms with E-state index in [1.165, 1.54) is 7.11 Å². The third-order valence-corrected chi connectivity index (χ3v) is 3.66. The molecule has 2 aromatic carbocycles. The van der Waals surface area contributed by atoms with Crippen LogP contribution in [-0.2, 0) is 4.74 Å². The molecular weight excluding hydrogens is 306 g/mol. The Hall–Kier alpha value is -3.15. The predicted molar refractivity (Wildman–Crippen MR) is 91.6 cm³/mol. The maximum atomic E-state index is 12.2. The number of hydrogen-bond acceptors (Lipinski definition) is 5. The van der Waals surface area contributed by atoms with Crippen molar-refractivity contribution in [3.63, 3.8) is 0 Å². The molecule has 122 valence electrons. The average Bonchev–Trinajstić information content (AvgIpc) is 3.16. The molecule has 0 saturated heterocycles. The van der Waals surface area contributed by atoms with Crippen molar-refractivity contribution in [1.82, 2.24) is 5.32 Å². The van der Waals surface area contributed by atoms with Gasteiger partial charge >= 0.3 is 5.97 Å². The Morgan fingerprint density at radius 2 is 1.71 bits per heavy atom. The van der Waals surface area contributed by atoms with E-state index in [1.807, 2.05) is 24.3 Å². The number of anilines is 1. The molecule has 0 aliphatic carbocycles. The standard InChI is InChI=1S/C18H17N3O3/c1-24-18(23)14-4-2-13(3-5-14)17(22)21-15-8-6-12(7-9-15)16-19-10-11-20-16/h2-9H,10-11H2,1H3,(H,19,20)(H,21,22). The maximum Gasteiger partial charge on any atom is 0.337 e. The summed E-state index contributed by atoms with van der Waals surface area (Å²) in [6.45, 7) is 1.64. The Bertz CT molecular complexity index is 780. The zero-order valence-electron chi connectivity index (χ0n) is 13.2. The van der Waals surface area contributed by atoms with Crippen molar-refractivity contribution in [1.29, 1.82) is 0 Å². The van der Waals surface area contributed by atoms with E-state index >= 15 is 0 Å². The molecule has 0 unspecified atom stereocenters. The van der Waals surface area contributed by atoms with Gasteiger partial charge in [0, 0.05) is 23.4 Å². The van der Waals surface area contributed by atoms with Gasteiger partial charge in [-0.15, -0.1) is 0 Å². The van der Waals surface area contributed by atoms with E-state index in [4.69, 9.17) is 0 Å². The second kappa shape index (κ2) is 6.95. The Kier molecular flexibility index (Phi) is 4.56. The summed E-state index contributed by atoms with van der Waals surface area (Å²) in [7, 11) is 1.32. The fourth-order valence-electron chi connectivity index (χ4n) is 2.38. The highest BCUT2D eigenvalue weighted by Gasteiger charge is 2.10. The van der Waals surface area contributed by atoms with Gasteiger partial charge in [-0.3, -0.25) is 9.79 Å². The van der Waals surface area contributed by atoms with Crippen LogP contribution in [0, 0.1) is 0 Å². The minimum Gasteiger partial charge on any atom is -0.465 e. The Balaban J connectivity index is 1.67. The molecular formula is C18H17N3O3. The van der Waals surface area contributed by atoms with E-state index in [0.717, 1.165) is 24.5 Å². The molecule has 0 aromatic heterocycles. The first-order valence-electron chi connectivity index (χ1n) is 7.56. The van der Waals surface area contributed by atoms with E-state index in [0.29, 0.717) is 16.8 Å². The summed E-state index contributed by atoms with van der Waals surface area (Å²) in [5.41, 5.74) is 2.56. The summed E-state index contributed by atoms with van der Waals surface area (Å²) in [4.78, 5) is 28.0. The molecule has 0 fully saturated rings. The van der Waals surface area contributed by atoms with E-state index < -0.39 is 5.97 Å². The van der Waals surface area contributed by atoms with Crippen molar-refractivity contribution in [2.45, 2.75) is 0 Å². The first-order chi connectivity index (χ1) is 11.7. The highest BCUT2D eigenvalue weighted by molar-refractivity contribution is 6.05. The molecule has 1 amide bonds. The summed E-state index contributed by atoms with van der Waals surface area (Å²) >= 11 is 0. The van der Waals surface area contributed by atoms with Gasteiger partial charge in [0.2, 0.25) is 0 Å². The summed E-state index contributed by atoms with van der Waals surface area (Å²) in [5, 5.41) is 6.03. The predicted octanol–water partition coefficient (Wildman–Crippen LogP) is 2.08. The number of ether oxygens (including phenoxy) is 1. The van der Waals surface area contributed by atoms with Crippen molar-refractivity contribution in [3.8, 4) is 0 Å². The lowest BCUT2D eigenvalue weighted by Crippen LogP contribution is -2.19. The highest BCUT2D eigenvalue weighted by Crippen LogP contribution is 2.13. The lowest BCUT2D eigenvalue weighted by atomic mass is 10.1. The molecule has 0 saturated carbocycles. The molecule has 3 rings (SSSR count). The van der Waals surface area contributed by atoms with Gasteiger partial charge in [0.25, 0.3) is 5.91 Å². The Morgan fingerprint density at radius 3 is 2.29 bits per heavy atom. The van der Waals surface area contributed by atoms with Crippen LogP contribution in [0.4, 0.5) is 5.69 Å². The van der Waals surface area contributed by atoms with E-state index in [1.54, 1.807) is 24.3 Å². The number of methoxy groups -OCH3 is 1. The van der Waals surface area contributed by atoms with Crippen LogP contribution in [0.15, 0.2) is 53.5 Å². The van der Waals surface area contributed by atoms with E-state index in [-0.39, 0.29) is 5.91 Å². The number of benzene rings is 2. The van der Waals surface area contributed by atoms with Crippen LogP contribution in [0.1, 0.15) is 26.3 Å². The molecule has 1 heterocycles. The summed E-state index contributed by atoms with van der Waals surface area (Å²) in [6, 6.07) is 13.8. The van der Waals surface area contributed by atoms with Gasteiger partial charge in [-0.05, 0) is 48.5 Å². The zero-order chi connectivity index (χ0) is 16.9. The van der Waals surface area contributed by atoms with E-state index in [9.17, 15) is 9.59 Å². The number of aliphatic imine (C=N–C) groups is 1. The van der Waals surface area contributed by atoms with Crippen LogP contribution in [-0.4, -0.2) is 37.9 Å². The second-order valence-corrected chi connectivity index (χ2v) is 5.26. The highest BCUT2D eigenvalue weighted by atomic mass is 16.5. The van der Waals surface area contributed by atoms with Crippen molar-refractivity contribution in [3.05, 3.63) is 65.2 Å². The first kappa shape index (κ1) is 15.7. The first-order valence-corrected chi connectivity index (χ1v) is 7.56. The van der Waals surface area contributed by atoms with Crippen molar-refractivity contribution in [2.75, 3.05) is 25.5 Å². The smallest absolute Gasteiger partial charge is 0.337 e. The number of carbonyl (C=O) groups excluding carboxylic acids is 2. The third-order valence-electron chi connectivity index (χ3n) is 3.66. The SMILES string of the molecule is COC(=O)c1ccc(C(=O)Nc2ccc(C3=NCCN3)cc2)cc1. The molecule has 0 bridgehead atoms. The maximum absolute atomic E-state index is 12.2. The number of nitrogens with one attached hydrogen (secondary N) is 2. The number of rotatable bonds is 4. The van der Waals surface area contributed by atoms with Crippen LogP contribution >= 0.6 is 0 Å². The molecule has 2 aromatic rings. The van der Waals surface area contributed by atoms with E-state index in [2.05, 4.69) is 20.4 Å². The summed E-state index contributed by atoms with van der Waals surface area (Å²) < 4.78 is 4.63. The van der Waals surface area contributed by atoms with Gasteiger partial charge in [0.1, 0.15) is 5.84 Å². The Labute approximate surface area is 139 Å². The number of amides is 1. The molecule has 1 aliphatic heterocycles. The number of carbonyl (C=O) groups is 2. The fourth-order valence-corrected chi connectivity index (χ4v) is 2.38. The van der Waals surface area contributed by atoms with Crippen LogP contribution in [0.5, 0.6) is 0 Å². The quantitative estimate of drug-likeness (QED) is 0.844. The van der Waals surface area contributed by atoms with Gasteiger partial charge in [-0.25, -0.2) is 4.79 Å². The number of amidine groups is 1. The Morgan fingerprint density at radius 1 is 1.04 bits per heavy atom. The third kappa shape index (κ3) is 3.43. The molecule has 0 spiro atoms. The molecule has 2 N–H and O–H groups in total. The van der Waals surface area contributed by atoms with Crippen LogP contribution in [0.2, 0.25) is 0 Å². The molecule has 24 heavy (non-hydrogen) atoms. The van der Waals surface area contributed by atoms with Gasteiger partial charge in [0.15, 0.2) is 0 Å². The average molecular weight is 323 g/mol. The lowest BCUT2D eigenvalue weighted by Gasteiger charge is -2.07. The monoisotopic (exact) mass is 323 g/mol. The van der Waals surface area contributed by atoms with Crippen molar-refractivity contribution >= 4 is 23.4 Å². The van der Waals surface area contributed by atoms with Crippen molar-refractivity contribution in [2.24, 2.45) is 4.99 Å². The van der Waals surface area contributed by atoms with Crippen LogP contribution < -0.4 is 10.6 Å². The number of nitrogens with zero attached hydrogens (tertiary/aromatic N) is 1. The van der Waals surface area contributed by atoms with Crippen LogP contribution in [0.3, 0.4) is 0 Å². The van der Waals surface area contributed by atoms with Gasteiger partial charge in [0.05, 0.1) is 19.2 Å². The topological polar surface area (TPSA) is 79.8 Å². The van der Waals surface area contributed by atoms with Gasteiger partial charge in [-0.2, -0.15) is 0 Å². The second-order valence-electron chi connectivity index (χ2n) is 5.26. The van der Waals surface area contributed by atoms with Crippen molar-refractivity contribution < 1.29 is 14.3 Å². The molecule has 6 heteroatoms. The molecule has 6 nitrogen and oxygen atoms in total. The lowest BCUT2D eigenvalue weighted by molar-refractivity contribution is 0.0600. The zero-order valence-corrected chi connectivity index (χ0v) is 13.2. The minimum absolute atomic E-state index is 0.240. The number of esters is 1. The van der Waals surface area contributed by atoms with Gasteiger partial charge in [-0.1, -0.05) is 0 Å². The van der Waals surface area contributed by atoms with Crippen LogP contribution in [0.25, 0.3) is 0 Å². The largest absolute Gasteiger partial charge is 0.465 e. The molecule has 0 atom stereocenters. The normalized spacial score (nSPS) is 13.0. The fraction of sp³-hybridized carbons (Fsp3) is 0.167. The number of hydrogen-bond donors (Lipinski definition) is 2. The molecule has 1 aliphatic rings. The summed E-state index contributed by atoms with van der Waals surface area (Å²) in [6.07, 6.45) is 0. The summed E-state index contributed by atoms with van der Waals surface area (Å²) in [5.74, 6) is 0.211. The molecule has 0 radical (unpaired) electrons.